The molecule has 0 saturated carbocycles. The average molecular weight is 348 g/mol. The van der Waals surface area contributed by atoms with E-state index in [1.54, 1.807) is 7.11 Å². The van der Waals surface area contributed by atoms with E-state index in [-0.39, 0.29) is 24.0 Å². The van der Waals surface area contributed by atoms with E-state index in [0.29, 0.717) is 25.6 Å². The summed E-state index contributed by atoms with van der Waals surface area (Å²) in [7, 11) is 1.64. The van der Waals surface area contributed by atoms with Gasteiger partial charge in [0, 0.05) is 25.2 Å². The fourth-order valence-electron chi connectivity index (χ4n) is 3.45. The quantitative estimate of drug-likeness (QED) is 0.607. The first-order valence-electron chi connectivity index (χ1n) is 8.85. The van der Waals surface area contributed by atoms with E-state index in [4.69, 9.17) is 4.74 Å². The highest BCUT2D eigenvalue weighted by Crippen LogP contribution is 2.24. The summed E-state index contributed by atoms with van der Waals surface area (Å²) in [6, 6.07) is 7.74. The SMILES string of the molecule is COc1ccc(C2CC(C(=O)N[C@@H]3CN(C(C)C)C[C@H]3O)NN2)cc1. The number of amides is 1. The van der Waals surface area contributed by atoms with Crippen LogP contribution in [0.1, 0.15) is 31.9 Å². The zero-order valence-electron chi connectivity index (χ0n) is 15.0. The molecule has 2 saturated heterocycles. The maximum Gasteiger partial charge on any atom is 0.238 e. The second kappa shape index (κ2) is 7.70. The van der Waals surface area contributed by atoms with Crippen LogP contribution in [-0.2, 0) is 4.79 Å². The Balaban J connectivity index is 1.54. The summed E-state index contributed by atoms with van der Waals surface area (Å²) in [5, 5.41) is 13.2. The first kappa shape index (κ1) is 18.1. The number of carbonyl (C=O) groups is 1. The highest BCUT2D eigenvalue weighted by atomic mass is 16.5. The number of carbonyl (C=O) groups excluding carboxylic acids is 1. The Bertz CT molecular complexity index is 592. The van der Waals surface area contributed by atoms with Crippen molar-refractivity contribution >= 4 is 5.91 Å². The molecule has 2 unspecified atom stereocenters. The lowest BCUT2D eigenvalue weighted by molar-refractivity contribution is -0.124. The Kier molecular flexibility index (Phi) is 5.58. The van der Waals surface area contributed by atoms with Crippen LogP contribution in [-0.4, -0.2) is 60.3 Å². The molecule has 0 aliphatic carbocycles. The molecule has 1 aromatic carbocycles. The number of aliphatic hydroxyl groups is 1. The first-order chi connectivity index (χ1) is 12.0. The van der Waals surface area contributed by atoms with Gasteiger partial charge in [-0.1, -0.05) is 12.1 Å². The van der Waals surface area contributed by atoms with E-state index in [0.717, 1.165) is 11.3 Å². The van der Waals surface area contributed by atoms with Crippen molar-refractivity contribution in [2.24, 2.45) is 0 Å². The summed E-state index contributed by atoms with van der Waals surface area (Å²) in [6.45, 7) is 5.48. The van der Waals surface area contributed by atoms with Gasteiger partial charge in [-0.25, -0.2) is 10.9 Å². The molecule has 25 heavy (non-hydrogen) atoms. The van der Waals surface area contributed by atoms with Crippen molar-refractivity contribution in [3.8, 4) is 5.75 Å². The number of likely N-dealkylation sites (tertiary alicyclic amines) is 1. The molecule has 4 N–H and O–H groups in total. The maximum atomic E-state index is 12.5. The number of benzene rings is 1. The van der Waals surface area contributed by atoms with Gasteiger partial charge in [-0.15, -0.1) is 0 Å². The number of nitrogens with one attached hydrogen (secondary N) is 3. The minimum Gasteiger partial charge on any atom is -0.497 e. The molecule has 1 amide bonds. The summed E-state index contributed by atoms with van der Waals surface area (Å²) in [6.07, 6.45) is 0.146. The Morgan fingerprint density at radius 3 is 2.60 bits per heavy atom. The van der Waals surface area contributed by atoms with Crippen molar-refractivity contribution in [2.45, 2.75) is 50.5 Å². The third-order valence-electron chi connectivity index (χ3n) is 5.11. The number of β-amino-alcohol motifs (C(OH)–C–C–N with tert-alkyl or cyclic N) is 1. The molecule has 2 heterocycles. The molecule has 138 valence electrons. The molecule has 0 radical (unpaired) electrons. The molecular formula is C18H28N4O3. The lowest BCUT2D eigenvalue weighted by Crippen LogP contribution is -2.50. The Labute approximate surface area is 148 Å². The number of hydrogen-bond acceptors (Lipinski definition) is 6. The van der Waals surface area contributed by atoms with Gasteiger partial charge < -0.3 is 15.2 Å². The number of aliphatic hydroxyl groups excluding tert-OH is 1. The van der Waals surface area contributed by atoms with Crippen molar-refractivity contribution in [3.05, 3.63) is 29.8 Å². The van der Waals surface area contributed by atoms with Crippen LogP contribution in [0.5, 0.6) is 5.75 Å². The minimum atomic E-state index is -0.516. The second-order valence-electron chi connectivity index (χ2n) is 7.13. The zero-order chi connectivity index (χ0) is 18.0. The van der Waals surface area contributed by atoms with Crippen molar-refractivity contribution in [3.63, 3.8) is 0 Å². The molecular weight excluding hydrogens is 320 g/mol. The third kappa shape index (κ3) is 4.12. The minimum absolute atomic E-state index is 0.0711. The van der Waals surface area contributed by atoms with Gasteiger partial charge in [0.2, 0.25) is 5.91 Å². The van der Waals surface area contributed by atoms with Gasteiger partial charge in [0.1, 0.15) is 11.8 Å². The highest BCUT2D eigenvalue weighted by Gasteiger charge is 2.36. The second-order valence-corrected chi connectivity index (χ2v) is 7.13. The Morgan fingerprint density at radius 1 is 1.28 bits per heavy atom. The van der Waals surface area contributed by atoms with Crippen LogP contribution in [0.15, 0.2) is 24.3 Å². The van der Waals surface area contributed by atoms with Gasteiger partial charge in [0.25, 0.3) is 0 Å². The molecule has 0 spiro atoms. The lowest BCUT2D eigenvalue weighted by atomic mass is 10.0. The van der Waals surface area contributed by atoms with E-state index in [1.165, 1.54) is 0 Å². The Hall–Kier alpha value is -1.67. The summed E-state index contributed by atoms with van der Waals surface area (Å²) in [5.74, 6) is 0.743. The number of rotatable bonds is 5. The van der Waals surface area contributed by atoms with Crippen LogP contribution in [0.2, 0.25) is 0 Å². The van der Waals surface area contributed by atoms with Crippen LogP contribution in [0.4, 0.5) is 0 Å². The maximum absolute atomic E-state index is 12.5. The predicted octanol–water partition coefficient (Wildman–Crippen LogP) is 0.173. The molecule has 2 fully saturated rings. The smallest absolute Gasteiger partial charge is 0.238 e. The highest BCUT2D eigenvalue weighted by molar-refractivity contribution is 5.82. The van der Waals surface area contributed by atoms with E-state index in [2.05, 4.69) is 34.9 Å². The van der Waals surface area contributed by atoms with Crippen LogP contribution in [0, 0.1) is 0 Å². The summed E-state index contributed by atoms with van der Waals surface area (Å²) >= 11 is 0. The fourth-order valence-corrected chi connectivity index (χ4v) is 3.45. The molecule has 2 aliphatic heterocycles. The van der Waals surface area contributed by atoms with Crippen molar-refractivity contribution in [1.29, 1.82) is 0 Å². The molecule has 4 atom stereocenters. The van der Waals surface area contributed by atoms with Crippen LogP contribution < -0.4 is 20.9 Å². The number of hydrazine groups is 1. The van der Waals surface area contributed by atoms with Crippen molar-refractivity contribution in [2.75, 3.05) is 20.2 Å². The van der Waals surface area contributed by atoms with E-state index >= 15 is 0 Å². The number of hydrogen-bond donors (Lipinski definition) is 4. The standard InChI is InChI=1S/C18H28N4O3/c1-11(2)22-9-16(17(23)10-22)19-18(24)15-8-14(20-21-15)12-4-6-13(25-3)7-5-12/h4-7,11,14-17,20-21,23H,8-10H2,1-3H3,(H,19,24)/t14?,15?,16-,17-/m1/s1. The van der Waals surface area contributed by atoms with Crippen LogP contribution in [0.25, 0.3) is 0 Å². The molecule has 2 aliphatic rings. The summed E-state index contributed by atoms with van der Waals surface area (Å²) in [5.41, 5.74) is 7.35. The molecule has 1 aromatic rings. The van der Waals surface area contributed by atoms with Crippen molar-refractivity contribution < 1.29 is 14.6 Å². The van der Waals surface area contributed by atoms with Gasteiger partial charge in [0.15, 0.2) is 0 Å². The molecule has 7 heteroatoms. The largest absolute Gasteiger partial charge is 0.497 e. The predicted molar refractivity (Wildman–Crippen MR) is 95.1 cm³/mol. The van der Waals surface area contributed by atoms with E-state index in [1.807, 2.05) is 24.3 Å². The lowest BCUT2D eigenvalue weighted by Gasteiger charge is -2.20. The zero-order valence-corrected chi connectivity index (χ0v) is 15.0. The number of nitrogens with zero attached hydrogens (tertiary/aromatic N) is 1. The molecule has 0 bridgehead atoms. The van der Waals surface area contributed by atoms with Gasteiger partial charge in [0.05, 0.1) is 19.3 Å². The van der Waals surface area contributed by atoms with Crippen LogP contribution >= 0.6 is 0 Å². The normalized spacial score (nSPS) is 30.0. The molecule has 0 aromatic heterocycles. The summed E-state index contributed by atoms with van der Waals surface area (Å²) in [4.78, 5) is 14.7. The molecule has 3 rings (SSSR count). The van der Waals surface area contributed by atoms with Crippen molar-refractivity contribution in [1.82, 2.24) is 21.1 Å². The average Bonchev–Trinajstić information content (AvgIpc) is 3.23. The molecule has 7 nitrogen and oxygen atoms in total. The van der Waals surface area contributed by atoms with Gasteiger partial charge >= 0.3 is 0 Å². The van der Waals surface area contributed by atoms with E-state index in [9.17, 15) is 9.90 Å². The Morgan fingerprint density at radius 2 is 2.00 bits per heavy atom. The topological polar surface area (TPSA) is 85.9 Å². The number of ether oxygens (including phenoxy) is 1. The number of methoxy groups -OCH3 is 1. The van der Waals surface area contributed by atoms with Gasteiger partial charge in [-0.3, -0.25) is 9.69 Å². The van der Waals surface area contributed by atoms with Gasteiger partial charge in [-0.05, 0) is 38.0 Å². The van der Waals surface area contributed by atoms with E-state index < -0.39 is 6.10 Å². The monoisotopic (exact) mass is 348 g/mol. The fraction of sp³-hybridized carbons (Fsp3) is 0.611. The first-order valence-corrected chi connectivity index (χ1v) is 8.85. The summed E-state index contributed by atoms with van der Waals surface area (Å²) < 4.78 is 5.17. The van der Waals surface area contributed by atoms with Crippen LogP contribution in [0.3, 0.4) is 0 Å². The van der Waals surface area contributed by atoms with Gasteiger partial charge in [-0.2, -0.15) is 0 Å². The third-order valence-corrected chi connectivity index (χ3v) is 5.11.